The van der Waals surface area contributed by atoms with Crippen molar-refractivity contribution in [3.8, 4) is 0 Å². The van der Waals surface area contributed by atoms with Gasteiger partial charge in [-0.15, -0.1) is 11.3 Å². The summed E-state index contributed by atoms with van der Waals surface area (Å²) in [6.07, 6.45) is -0.0580. The molecule has 1 fully saturated rings. The van der Waals surface area contributed by atoms with Gasteiger partial charge in [-0.05, 0) is 41.6 Å². The number of benzene rings is 2. The first-order valence-corrected chi connectivity index (χ1v) is 11.8. The summed E-state index contributed by atoms with van der Waals surface area (Å²) in [6.45, 7) is 6.60. The van der Waals surface area contributed by atoms with Crippen LogP contribution >= 0.6 is 22.9 Å². The molecule has 1 aromatic heterocycles. The maximum Gasteiger partial charge on any atom is 0.264 e. The first kappa shape index (κ1) is 22.0. The summed E-state index contributed by atoms with van der Waals surface area (Å²) < 4.78 is 6.38. The summed E-state index contributed by atoms with van der Waals surface area (Å²) in [5, 5.41) is 2.67. The molecule has 4 rings (SSSR count). The molecule has 0 unspecified atom stereocenters. The molecule has 0 saturated carbocycles. The summed E-state index contributed by atoms with van der Waals surface area (Å²) in [6, 6.07) is 20.2. The van der Waals surface area contributed by atoms with E-state index in [-0.39, 0.29) is 12.0 Å². The Morgan fingerprint density at radius 2 is 1.84 bits per heavy atom. The highest BCUT2D eigenvalue weighted by Crippen LogP contribution is 2.24. The van der Waals surface area contributed by atoms with Gasteiger partial charge >= 0.3 is 0 Å². The zero-order valence-electron chi connectivity index (χ0n) is 17.7. The van der Waals surface area contributed by atoms with E-state index in [2.05, 4.69) is 36.1 Å². The maximum atomic E-state index is 12.6. The molecule has 4 nitrogen and oxygen atoms in total. The second kappa shape index (κ2) is 10.4. The van der Waals surface area contributed by atoms with Crippen molar-refractivity contribution in [3.63, 3.8) is 0 Å². The first-order valence-electron chi connectivity index (χ1n) is 10.6. The van der Waals surface area contributed by atoms with Gasteiger partial charge in [0.15, 0.2) is 0 Å². The van der Waals surface area contributed by atoms with E-state index in [1.54, 1.807) is 0 Å². The normalized spacial score (nSPS) is 15.7. The molecule has 0 N–H and O–H groups in total. The maximum absolute atomic E-state index is 12.6. The second-order valence-electron chi connectivity index (χ2n) is 7.91. The number of carbonyl (C=O) groups is 1. The van der Waals surface area contributed by atoms with Crippen molar-refractivity contribution in [2.45, 2.75) is 19.6 Å². The van der Waals surface area contributed by atoms with Gasteiger partial charge < -0.3 is 9.64 Å². The lowest BCUT2D eigenvalue weighted by molar-refractivity contribution is 0.00346. The van der Waals surface area contributed by atoms with E-state index in [4.69, 9.17) is 16.3 Å². The van der Waals surface area contributed by atoms with Crippen LogP contribution in [0.25, 0.3) is 0 Å². The molecule has 2 aromatic carbocycles. The molecule has 0 bridgehead atoms. The second-order valence-corrected chi connectivity index (χ2v) is 9.29. The minimum absolute atomic E-state index is 0.0580. The van der Waals surface area contributed by atoms with Gasteiger partial charge in [0.1, 0.15) is 0 Å². The number of aryl methyl sites for hydroxylation is 1. The number of hydrogen-bond donors (Lipinski definition) is 0. The van der Waals surface area contributed by atoms with Gasteiger partial charge in [-0.3, -0.25) is 9.69 Å². The summed E-state index contributed by atoms with van der Waals surface area (Å²) in [5.41, 5.74) is 3.52. The van der Waals surface area contributed by atoms with E-state index in [1.165, 1.54) is 22.5 Å². The standard InChI is InChI=1S/C25H27ClN2O2S/c1-19-4-2-5-20(16-19)18-30-23(21-7-9-22(26)10-8-21)17-27-11-13-28(14-12-27)25(29)24-6-3-15-31-24/h2-10,15-16,23H,11-14,17-18H2,1H3/t23-/m0/s1. The lowest BCUT2D eigenvalue weighted by Gasteiger charge is -2.36. The topological polar surface area (TPSA) is 32.8 Å². The van der Waals surface area contributed by atoms with E-state index >= 15 is 0 Å². The highest BCUT2D eigenvalue weighted by molar-refractivity contribution is 7.12. The third kappa shape index (κ3) is 5.95. The van der Waals surface area contributed by atoms with Gasteiger partial charge in [0.05, 0.1) is 17.6 Å². The fourth-order valence-corrected chi connectivity index (χ4v) is 4.67. The minimum Gasteiger partial charge on any atom is -0.368 e. The Morgan fingerprint density at radius 3 is 2.52 bits per heavy atom. The molecule has 2 heterocycles. The lowest BCUT2D eigenvalue weighted by Crippen LogP contribution is -2.49. The molecule has 1 aliphatic rings. The van der Waals surface area contributed by atoms with Crippen LogP contribution in [0.4, 0.5) is 0 Å². The summed E-state index contributed by atoms with van der Waals surface area (Å²) >= 11 is 7.60. The molecule has 0 spiro atoms. The SMILES string of the molecule is Cc1cccc(CO[C@@H](CN2CCN(C(=O)c3cccs3)CC2)c2ccc(Cl)cc2)c1. The van der Waals surface area contributed by atoms with E-state index in [1.807, 2.05) is 46.7 Å². The minimum atomic E-state index is -0.0580. The number of piperazine rings is 1. The number of nitrogens with zero attached hydrogens (tertiary/aromatic N) is 2. The smallest absolute Gasteiger partial charge is 0.264 e. The van der Waals surface area contributed by atoms with Gasteiger partial charge in [-0.2, -0.15) is 0 Å². The van der Waals surface area contributed by atoms with Crippen LogP contribution in [-0.2, 0) is 11.3 Å². The molecule has 0 radical (unpaired) electrons. The van der Waals surface area contributed by atoms with Crippen LogP contribution in [0.15, 0.2) is 66.0 Å². The Kier molecular flexibility index (Phi) is 7.41. The Labute approximate surface area is 193 Å². The van der Waals surface area contributed by atoms with Gasteiger partial charge in [-0.25, -0.2) is 0 Å². The molecule has 162 valence electrons. The van der Waals surface area contributed by atoms with Crippen LogP contribution in [0, 0.1) is 6.92 Å². The van der Waals surface area contributed by atoms with Crippen molar-refractivity contribution >= 4 is 28.8 Å². The molecule has 1 saturated heterocycles. The van der Waals surface area contributed by atoms with Crippen LogP contribution < -0.4 is 0 Å². The van der Waals surface area contributed by atoms with E-state index in [0.29, 0.717) is 6.61 Å². The molecule has 3 aromatic rings. The fraction of sp³-hybridized carbons (Fsp3) is 0.320. The van der Waals surface area contributed by atoms with Crippen molar-refractivity contribution in [3.05, 3.63) is 92.6 Å². The Bertz CT molecular complexity index is 983. The molecular formula is C25H27ClN2O2S. The highest BCUT2D eigenvalue weighted by Gasteiger charge is 2.25. The van der Waals surface area contributed by atoms with Gasteiger partial charge in [0, 0.05) is 37.7 Å². The van der Waals surface area contributed by atoms with E-state index in [9.17, 15) is 4.79 Å². The molecule has 1 atom stereocenters. The molecule has 6 heteroatoms. The zero-order valence-corrected chi connectivity index (χ0v) is 19.2. The largest absolute Gasteiger partial charge is 0.368 e. The Morgan fingerprint density at radius 1 is 1.06 bits per heavy atom. The quantitative estimate of drug-likeness (QED) is 0.477. The molecular weight excluding hydrogens is 428 g/mol. The average molecular weight is 455 g/mol. The molecule has 1 amide bonds. The summed E-state index contributed by atoms with van der Waals surface area (Å²) in [4.78, 5) is 17.8. The molecule has 0 aliphatic carbocycles. The average Bonchev–Trinajstić information content (AvgIpc) is 3.32. The zero-order chi connectivity index (χ0) is 21.6. The summed E-state index contributed by atoms with van der Waals surface area (Å²) in [5.74, 6) is 0.139. The molecule has 31 heavy (non-hydrogen) atoms. The van der Waals surface area contributed by atoms with E-state index in [0.717, 1.165) is 48.2 Å². The number of rotatable bonds is 7. The molecule has 1 aliphatic heterocycles. The van der Waals surface area contributed by atoms with Crippen molar-refractivity contribution < 1.29 is 9.53 Å². The summed E-state index contributed by atoms with van der Waals surface area (Å²) in [7, 11) is 0. The van der Waals surface area contributed by atoms with Crippen molar-refractivity contribution in [1.29, 1.82) is 0 Å². The lowest BCUT2D eigenvalue weighted by atomic mass is 10.1. The third-order valence-corrected chi connectivity index (χ3v) is 6.70. The van der Waals surface area contributed by atoms with Crippen LogP contribution in [0.5, 0.6) is 0 Å². The first-order chi connectivity index (χ1) is 15.1. The number of thiophene rings is 1. The van der Waals surface area contributed by atoms with E-state index < -0.39 is 0 Å². The Balaban J connectivity index is 1.39. The van der Waals surface area contributed by atoms with Crippen LogP contribution in [0.2, 0.25) is 5.02 Å². The number of carbonyl (C=O) groups excluding carboxylic acids is 1. The van der Waals surface area contributed by atoms with Crippen LogP contribution in [-0.4, -0.2) is 48.4 Å². The predicted molar refractivity (Wildman–Crippen MR) is 127 cm³/mol. The number of ether oxygens (including phenoxy) is 1. The number of halogens is 1. The van der Waals surface area contributed by atoms with Crippen molar-refractivity contribution in [2.24, 2.45) is 0 Å². The monoisotopic (exact) mass is 454 g/mol. The predicted octanol–water partition coefficient (Wildman–Crippen LogP) is 5.43. The van der Waals surface area contributed by atoms with Gasteiger partial charge in [-0.1, -0.05) is 59.6 Å². The van der Waals surface area contributed by atoms with Gasteiger partial charge in [0.25, 0.3) is 5.91 Å². The van der Waals surface area contributed by atoms with Crippen molar-refractivity contribution in [2.75, 3.05) is 32.7 Å². The van der Waals surface area contributed by atoms with Gasteiger partial charge in [0.2, 0.25) is 0 Å². The van der Waals surface area contributed by atoms with Crippen LogP contribution in [0.3, 0.4) is 0 Å². The number of amides is 1. The number of hydrogen-bond acceptors (Lipinski definition) is 4. The third-order valence-electron chi connectivity index (χ3n) is 5.59. The van der Waals surface area contributed by atoms with Crippen molar-refractivity contribution in [1.82, 2.24) is 9.80 Å². The van der Waals surface area contributed by atoms with Crippen LogP contribution in [0.1, 0.15) is 32.5 Å². The Hall–Kier alpha value is -2.18. The fourth-order valence-electron chi connectivity index (χ4n) is 3.85. The highest BCUT2D eigenvalue weighted by atomic mass is 35.5.